The lowest BCUT2D eigenvalue weighted by Crippen LogP contribution is -2.33. The molecule has 0 saturated carbocycles. The Morgan fingerprint density at radius 2 is 2.28 bits per heavy atom. The summed E-state index contributed by atoms with van der Waals surface area (Å²) in [6.07, 6.45) is 0. The van der Waals surface area contributed by atoms with Gasteiger partial charge in [-0.3, -0.25) is 10.1 Å². The van der Waals surface area contributed by atoms with E-state index in [1.54, 1.807) is 19.1 Å². The lowest BCUT2D eigenvalue weighted by atomic mass is 10.1. The van der Waals surface area contributed by atoms with Crippen molar-refractivity contribution < 1.29 is 19.6 Å². The Balaban J connectivity index is 2.93. The Labute approximate surface area is 104 Å². The van der Waals surface area contributed by atoms with Crippen molar-refractivity contribution in [1.29, 1.82) is 0 Å². The first kappa shape index (κ1) is 13.9. The number of ether oxygens (including phenoxy) is 1. The van der Waals surface area contributed by atoms with Crippen LogP contribution < -0.4 is 5.32 Å². The number of nitro benzene ring substituents is 1. The van der Waals surface area contributed by atoms with E-state index in [9.17, 15) is 14.9 Å². The largest absolute Gasteiger partial charge is 0.480 e. The van der Waals surface area contributed by atoms with Gasteiger partial charge in [-0.25, -0.2) is 4.79 Å². The zero-order chi connectivity index (χ0) is 13.7. The van der Waals surface area contributed by atoms with E-state index in [1.807, 2.05) is 0 Å². The molecule has 0 aliphatic rings. The molecule has 1 rings (SSSR count). The number of nitro groups is 1. The number of aryl methyl sites for hydroxylation is 1. The Morgan fingerprint density at radius 1 is 1.61 bits per heavy atom. The summed E-state index contributed by atoms with van der Waals surface area (Å²) >= 11 is 0. The highest BCUT2D eigenvalue weighted by molar-refractivity contribution is 5.77. The normalized spacial score (nSPS) is 11.9. The van der Waals surface area contributed by atoms with Crippen LogP contribution >= 0.6 is 0 Å². The summed E-state index contributed by atoms with van der Waals surface area (Å²) < 4.78 is 4.76. The van der Waals surface area contributed by atoms with Gasteiger partial charge in [0.05, 0.1) is 11.5 Å². The maximum Gasteiger partial charge on any atom is 0.328 e. The molecular weight excluding hydrogens is 240 g/mol. The molecule has 1 unspecified atom stereocenters. The van der Waals surface area contributed by atoms with Crippen molar-refractivity contribution in [3.05, 3.63) is 33.9 Å². The average molecular weight is 254 g/mol. The third kappa shape index (κ3) is 3.42. The van der Waals surface area contributed by atoms with E-state index in [4.69, 9.17) is 9.84 Å². The first-order valence-electron chi connectivity index (χ1n) is 5.19. The number of nitrogens with one attached hydrogen (secondary N) is 1. The van der Waals surface area contributed by atoms with Gasteiger partial charge in [0, 0.05) is 24.4 Å². The van der Waals surface area contributed by atoms with Crippen LogP contribution in [0.5, 0.6) is 0 Å². The van der Waals surface area contributed by atoms with Gasteiger partial charge >= 0.3 is 5.97 Å². The molecular formula is C11H14N2O5. The number of methoxy groups -OCH3 is 1. The maximum absolute atomic E-state index is 10.9. The van der Waals surface area contributed by atoms with Crippen LogP contribution in [-0.2, 0) is 9.53 Å². The second-order valence-electron chi connectivity index (χ2n) is 3.75. The number of anilines is 1. The highest BCUT2D eigenvalue weighted by Crippen LogP contribution is 2.22. The van der Waals surface area contributed by atoms with E-state index in [-0.39, 0.29) is 12.3 Å². The van der Waals surface area contributed by atoms with Crippen molar-refractivity contribution in [3.8, 4) is 0 Å². The fraction of sp³-hybridized carbons (Fsp3) is 0.364. The van der Waals surface area contributed by atoms with Gasteiger partial charge < -0.3 is 15.2 Å². The molecule has 0 aliphatic carbocycles. The molecule has 7 nitrogen and oxygen atoms in total. The van der Waals surface area contributed by atoms with Gasteiger partial charge in [-0.1, -0.05) is 6.07 Å². The molecule has 0 aliphatic heterocycles. The average Bonchev–Trinajstić information content (AvgIpc) is 2.30. The minimum Gasteiger partial charge on any atom is -0.480 e. The molecule has 0 heterocycles. The quantitative estimate of drug-likeness (QED) is 0.588. The molecule has 98 valence electrons. The molecule has 0 bridgehead atoms. The Hall–Kier alpha value is -2.15. The second-order valence-corrected chi connectivity index (χ2v) is 3.75. The van der Waals surface area contributed by atoms with Crippen molar-refractivity contribution in [3.63, 3.8) is 0 Å². The first-order valence-corrected chi connectivity index (χ1v) is 5.19. The van der Waals surface area contributed by atoms with Crippen LogP contribution in [0, 0.1) is 17.0 Å². The third-order valence-corrected chi connectivity index (χ3v) is 2.38. The summed E-state index contributed by atoms with van der Waals surface area (Å²) in [4.78, 5) is 21.2. The van der Waals surface area contributed by atoms with Gasteiger partial charge in [0.25, 0.3) is 5.69 Å². The monoisotopic (exact) mass is 254 g/mol. The van der Waals surface area contributed by atoms with E-state index in [0.717, 1.165) is 0 Å². The van der Waals surface area contributed by atoms with Crippen LogP contribution in [0.2, 0.25) is 0 Å². The lowest BCUT2D eigenvalue weighted by molar-refractivity contribution is -0.385. The number of benzene rings is 1. The predicted octanol–water partition coefficient (Wildman–Crippen LogP) is 1.41. The summed E-state index contributed by atoms with van der Waals surface area (Å²) in [5.41, 5.74) is 0.836. The lowest BCUT2D eigenvalue weighted by Gasteiger charge is -2.14. The van der Waals surface area contributed by atoms with Crippen LogP contribution in [0.1, 0.15) is 5.56 Å². The first-order chi connectivity index (χ1) is 8.45. The minimum atomic E-state index is -1.08. The summed E-state index contributed by atoms with van der Waals surface area (Å²) in [5, 5.41) is 22.4. The Morgan fingerprint density at radius 3 is 2.78 bits per heavy atom. The Kier molecular flexibility index (Phi) is 4.61. The second kappa shape index (κ2) is 5.97. The van der Waals surface area contributed by atoms with Crippen LogP contribution in [0.3, 0.4) is 0 Å². The zero-order valence-electron chi connectivity index (χ0n) is 10.0. The molecule has 1 aromatic rings. The fourth-order valence-electron chi connectivity index (χ4n) is 1.44. The Bertz CT molecular complexity index is 461. The van der Waals surface area contributed by atoms with Gasteiger partial charge in [0.2, 0.25) is 0 Å². The molecule has 0 radical (unpaired) electrons. The van der Waals surface area contributed by atoms with E-state index in [0.29, 0.717) is 11.3 Å². The summed E-state index contributed by atoms with van der Waals surface area (Å²) in [6, 6.07) is 3.51. The van der Waals surface area contributed by atoms with Crippen molar-refractivity contribution in [1.82, 2.24) is 0 Å². The highest BCUT2D eigenvalue weighted by atomic mass is 16.6. The number of carbonyl (C=O) groups is 1. The van der Waals surface area contributed by atoms with Gasteiger partial charge in [0.15, 0.2) is 0 Å². The van der Waals surface area contributed by atoms with Gasteiger partial charge in [-0.15, -0.1) is 0 Å². The van der Waals surface area contributed by atoms with Gasteiger partial charge in [-0.05, 0) is 13.0 Å². The van der Waals surface area contributed by atoms with Crippen LogP contribution in [-0.4, -0.2) is 35.8 Å². The van der Waals surface area contributed by atoms with E-state index >= 15 is 0 Å². The van der Waals surface area contributed by atoms with Crippen molar-refractivity contribution in [2.24, 2.45) is 0 Å². The van der Waals surface area contributed by atoms with E-state index in [1.165, 1.54) is 13.2 Å². The highest BCUT2D eigenvalue weighted by Gasteiger charge is 2.18. The molecule has 2 N–H and O–H groups in total. The van der Waals surface area contributed by atoms with Crippen LogP contribution in [0.4, 0.5) is 11.4 Å². The summed E-state index contributed by atoms with van der Waals surface area (Å²) in [6.45, 7) is 1.59. The number of carboxylic acid groups (broad SMARTS) is 1. The molecule has 1 atom stereocenters. The number of aliphatic carboxylic acids is 1. The van der Waals surface area contributed by atoms with E-state index < -0.39 is 16.9 Å². The number of rotatable bonds is 6. The standard InChI is InChI=1S/C11H14N2O5/c1-7-3-4-8(5-10(7)13(16)17)12-9(6-18-2)11(14)15/h3-5,9,12H,6H2,1-2H3,(H,14,15). The molecule has 0 fully saturated rings. The predicted molar refractivity (Wildman–Crippen MR) is 64.8 cm³/mol. The number of hydrogen-bond donors (Lipinski definition) is 2. The molecule has 0 aromatic heterocycles. The molecule has 0 amide bonds. The molecule has 1 aromatic carbocycles. The van der Waals surface area contributed by atoms with E-state index in [2.05, 4.69) is 5.32 Å². The minimum absolute atomic E-state index is 0.0307. The number of nitrogens with zero attached hydrogens (tertiary/aromatic N) is 1. The summed E-state index contributed by atoms with van der Waals surface area (Å²) in [7, 11) is 1.38. The number of hydrogen-bond acceptors (Lipinski definition) is 5. The van der Waals surface area contributed by atoms with Crippen molar-refractivity contribution in [2.75, 3.05) is 19.0 Å². The summed E-state index contributed by atoms with van der Waals surface area (Å²) in [5.74, 6) is -1.08. The zero-order valence-corrected chi connectivity index (χ0v) is 10.0. The number of carboxylic acids is 1. The third-order valence-electron chi connectivity index (χ3n) is 2.38. The van der Waals surface area contributed by atoms with Crippen LogP contribution in [0.25, 0.3) is 0 Å². The fourth-order valence-corrected chi connectivity index (χ4v) is 1.44. The maximum atomic E-state index is 10.9. The SMILES string of the molecule is COCC(Nc1ccc(C)c([N+](=O)[O-])c1)C(=O)O. The topological polar surface area (TPSA) is 102 Å². The molecule has 18 heavy (non-hydrogen) atoms. The molecule has 7 heteroatoms. The van der Waals surface area contributed by atoms with Crippen LogP contribution in [0.15, 0.2) is 18.2 Å². The van der Waals surface area contributed by atoms with Gasteiger partial charge in [0.1, 0.15) is 6.04 Å². The van der Waals surface area contributed by atoms with Crippen molar-refractivity contribution >= 4 is 17.3 Å². The molecule has 0 spiro atoms. The van der Waals surface area contributed by atoms with Crippen molar-refractivity contribution in [2.45, 2.75) is 13.0 Å². The smallest absolute Gasteiger partial charge is 0.328 e. The van der Waals surface area contributed by atoms with Gasteiger partial charge in [-0.2, -0.15) is 0 Å². The molecule has 0 saturated heterocycles.